The van der Waals surface area contributed by atoms with Crippen molar-refractivity contribution in [2.24, 2.45) is 7.05 Å². The van der Waals surface area contributed by atoms with Crippen LogP contribution in [0.1, 0.15) is 26.2 Å². The SMILES string of the molecule is CCCCCNC(=O)CSc1nnc2n(C)c(=O)c3ccccc3n12. The molecule has 3 rings (SSSR count). The molecule has 1 aromatic carbocycles. The Morgan fingerprint density at radius 2 is 2.04 bits per heavy atom. The molecule has 1 amide bonds. The fourth-order valence-corrected chi connectivity index (χ4v) is 3.46. The number of aryl methyl sites for hydroxylation is 1. The van der Waals surface area contributed by atoms with Crippen LogP contribution in [0.5, 0.6) is 0 Å². The van der Waals surface area contributed by atoms with Gasteiger partial charge in [0.25, 0.3) is 5.56 Å². The first-order valence-electron chi connectivity index (χ1n) is 8.36. The van der Waals surface area contributed by atoms with Crippen molar-refractivity contribution in [2.45, 2.75) is 31.3 Å². The molecule has 1 N–H and O–H groups in total. The second-order valence-corrected chi connectivity index (χ2v) is 6.79. The summed E-state index contributed by atoms with van der Waals surface area (Å²) in [6.07, 6.45) is 3.23. The highest BCUT2D eigenvalue weighted by molar-refractivity contribution is 7.99. The molecule has 0 saturated heterocycles. The summed E-state index contributed by atoms with van der Waals surface area (Å²) >= 11 is 1.32. The number of hydrogen-bond donors (Lipinski definition) is 1. The second-order valence-electron chi connectivity index (χ2n) is 5.85. The minimum absolute atomic E-state index is 0.0213. The summed E-state index contributed by atoms with van der Waals surface area (Å²) < 4.78 is 3.30. The Balaban J connectivity index is 1.84. The van der Waals surface area contributed by atoms with Crippen LogP contribution in [0.15, 0.2) is 34.2 Å². The van der Waals surface area contributed by atoms with Gasteiger partial charge in [0.05, 0.1) is 16.7 Å². The van der Waals surface area contributed by atoms with Crippen LogP contribution in [0, 0.1) is 0 Å². The highest BCUT2D eigenvalue weighted by atomic mass is 32.2. The molecule has 0 atom stereocenters. The van der Waals surface area contributed by atoms with Crippen molar-refractivity contribution in [2.75, 3.05) is 12.3 Å². The molecule has 0 radical (unpaired) electrons. The van der Waals surface area contributed by atoms with E-state index in [1.54, 1.807) is 13.1 Å². The summed E-state index contributed by atoms with van der Waals surface area (Å²) in [7, 11) is 1.67. The number of amides is 1. The van der Waals surface area contributed by atoms with Crippen LogP contribution in [-0.4, -0.2) is 37.4 Å². The van der Waals surface area contributed by atoms with Gasteiger partial charge in [0, 0.05) is 13.6 Å². The molecule has 0 fully saturated rings. The fourth-order valence-electron chi connectivity index (χ4n) is 2.69. The zero-order valence-corrected chi connectivity index (χ0v) is 15.2. The number of benzene rings is 1. The number of carbonyl (C=O) groups is 1. The lowest BCUT2D eigenvalue weighted by Crippen LogP contribution is -2.26. The first kappa shape index (κ1) is 17.5. The molecule has 0 saturated carbocycles. The number of para-hydroxylation sites is 1. The molecule has 2 heterocycles. The normalized spacial score (nSPS) is 11.3. The van der Waals surface area contributed by atoms with E-state index in [9.17, 15) is 9.59 Å². The van der Waals surface area contributed by atoms with Crippen LogP contribution in [0.25, 0.3) is 16.7 Å². The van der Waals surface area contributed by atoms with Crippen LogP contribution in [0.3, 0.4) is 0 Å². The van der Waals surface area contributed by atoms with Gasteiger partial charge in [-0.1, -0.05) is 43.7 Å². The van der Waals surface area contributed by atoms with E-state index in [1.807, 2.05) is 22.6 Å². The molecular formula is C17H21N5O2S. The number of thioether (sulfide) groups is 1. The standard InChI is InChI=1S/C17H21N5O2S/c1-3-4-7-10-18-14(23)11-25-17-20-19-16-21(2)15(24)12-8-5-6-9-13(12)22(16)17/h5-6,8-9H,3-4,7,10-11H2,1-2H3,(H,18,23). The topological polar surface area (TPSA) is 81.3 Å². The van der Waals surface area contributed by atoms with E-state index in [0.29, 0.717) is 22.9 Å². The number of nitrogens with one attached hydrogen (secondary N) is 1. The molecule has 2 aromatic heterocycles. The molecule has 3 aromatic rings. The zero-order chi connectivity index (χ0) is 17.8. The van der Waals surface area contributed by atoms with E-state index in [4.69, 9.17) is 0 Å². The van der Waals surface area contributed by atoms with Crippen LogP contribution >= 0.6 is 11.8 Å². The molecule has 0 aliphatic carbocycles. The maximum absolute atomic E-state index is 12.4. The lowest BCUT2D eigenvalue weighted by Gasteiger charge is -2.07. The first-order chi connectivity index (χ1) is 12.1. The van der Waals surface area contributed by atoms with E-state index >= 15 is 0 Å². The predicted octanol–water partition coefficient (Wildman–Crippen LogP) is 1.98. The van der Waals surface area contributed by atoms with Gasteiger partial charge in [-0.15, -0.1) is 10.2 Å². The summed E-state index contributed by atoms with van der Waals surface area (Å²) in [6.45, 7) is 2.83. The number of aromatic nitrogens is 4. The van der Waals surface area contributed by atoms with Crippen molar-refractivity contribution < 1.29 is 4.79 Å². The summed E-state index contributed by atoms with van der Waals surface area (Å²) in [5, 5.41) is 12.4. The lowest BCUT2D eigenvalue weighted by molar-refractivity contribution is -0.118. The van der Waals surface area contributed by atoms with Gasteiger partial charge in [0.1, 0.15) is 0 Å². The highest BCUT2D eigenvalue weighted by Crippen LogP contribution is 2.20. The third kappa shape index (κ3) is 3.53. The molecule has 0 unspecified atom stereocenters. The van der Waals surface area contributed by atoms with Gasteiger partial charge in [0.15, 0.2) is 5.16 Å². The molecule has 0 aliphatic heterocycles. The number of carbonyl (C=O) groups excluding carboxylic acids is 1. The van der Waals surface area contributed by atoms with Gasteiger partial charge in [-0.05, 0) is 18.6 Å². The van der Waals surface area contributed by atoms with Gasteiger partial charge in [-0.3, -0.25) is 18.6 Å². The molecule has 0 aliphatic rings. The van der Waals surface area contributed by atoms with E-state index in [-0.39, 0.29) is 17.2 Å². The highest BCUT2D eigenvalue weighted by Gasteiger charge is 2.15. The van der Waals surface area contributed by atoms with E-state index in [0.717, 1.165) is 24.8 Å². The van der Waals surface area contributed by atoms with Crippen molar-refractivity contribution in [3.8, 4) is 0 Å². The third-order valence-electron chi connectivity index (χ3n) is 4.03. The zero-order valence-electron chi connectivity index (χ0n) is 14.4. The predicted molar refractivity (Wildman–Crippen MR) is 99.0 cm³/mol. The molecule has 7 nitrogen and oxygen atoms in total. The third-order valence-corrected chi connectivity index (χ3v) is 4.96. The Kier molecular flexibility index (Phi) is 5.37. The number of unbranched alkanes of at least 4 members (excludes halogenated alkanes) is 2. The Morgan fingerprint density at radius 3 is 2.84 bits per heavy atom. The van der Waals surface area contributed by atoms with Crippen molar-refractivity contribution in [3.63, 3.8) is 0 Å². The number of rotatable bonds is 7. The van der Waals surface area contributed by atoms with Crippen LogP contribution < -0.4 is 10.9 Å². The van der Waals surface area contributed by atoms with E-state index in [1.165, 1.54) is 16.3 Å². The van der Waals surface area contributed by atoms with Gasteiger partial charge in [0.2, 0.25) is 11.7 Å². The Hall–Kier alpha value is -2.35. The summed E-state index contributed by atoms with van der Waals surface area (Å²) in [5.41, 5.74) is 0.636. The van der Waals surface area contributed by atoms with Crippen molar-refractivity contribution >= 4 is 34.3 Å². The number of fused-ring (bicyclic) bond motifs is 3. The van der Waals surface area contributed by atoms with Gasteiger partial charge in [-0.2, -0.15) is 0 Å². The van der Waals surface area contributed by atoms with Crippen molar-refractivity contribution in [3.05, 3.63) is 34.6 Å². The van der Waals surface area contributed by atoms with Crippen molar-refractivity contribution in [1.82, 2.24) is 24.5 Å². The molecule has 25 heavy (non-hydrogen) atoms. The van der Waals surface area contributed by atoms with E-state index < -0.39 is 0 Å². The van der Waals surface area contributed by atoms with Gasteiger partial charge in [-0.25, -0.2) is 0 Å². The maximum Gasteiger partial charge on any atom is 0.262 e. The monoisotopic (exact) mass is 359 g/mol. The minimum Gasteiger partial charge on any atom is -0.355 e. The molecule has 0 bridgehead atoms. The maximum atomic E-state index is 12.4. The smallest absolute Gasteiger partial charge is 0.262 e. The summed E-state index contributed by atoms with van der Waals surface area (Å²) in [4.78, 5) is 24.4. The van der Waals surface area contributed by atoms with Crippen molar-refractivity contribution in [1.29, 1.82) is 0 Å². The average molecular weight is 359 g/mol. The Bertz CT molecular complexity index is 963. The summed E-state index contributed by atoms with van der Waals surface area (Å²) in [5.74, 6) is 0.714. The summed E-state index contributed by atoms with van der Waals surface area (Å²) in [6, 6.07) is 7.35. The molecule has 8 heteroatoms. The quantitative estimate of drug-likeness (QED) is 0.515. The fraction of sp³-hybridized carbons (Fsp3) is 0.412. The molecule has 0 spiro atoms. The Labute approximate surface area is 149 Å². The lowest BCUT2D eigenvalue weighted by atomic mass is 10.2. The van der Waals surface area contributed by atoms with Crippen LogP contribution in [-0.2, 0) is 11.8 Å². The second kappa shape index (κ2) is 7.69. The largest absolute Gasteiger partial charge is 0.355 e. The minimum atomic E-state index is -0.110. The van der Waals surface area contributed by atoms with Gasteiger partial charge >= 0.3 is 0 Å². The number of nitrogens with zero attached hydrogens (tertiary/aromatic N) is 4. The van der Waals surface area contributed by atoms with Crippen LogP contribution in [0.4, 0.5) is 0 Å². The molecular weight excluding hydrogens is 338 g/mol. The van der Waals surface area contributed by atoms with Gasteiger partial charge < -0.3 is 5.32 Å². The number of hydrogen-bond acceptors (Lipinski definition) is 5. The van der Waals surface area contributed by atoms with Crippen LogP contribution in [0.2, 0.25) is 0 Å². The average Bonchev–Trinajstić information content (AvgIpc) is 3.06. The first-order valence-corrected chi connectivity index (χ1v) is 9.34. The Morgan fingerprint density at radius 1 is 1.24 bits per heavy atom. The van der Waals surface area contributed by atoms with E-state index in [2.05, 4.69) is 22.4 Å². The molecule has 132 valence electrons.